The topological polar surface area (TPSA) is 33.7 Å². The van der Waals surface area contributed by atoms with E-state index in [0.29, 0.717) is 6.04 Å². The predicted octanol–water partition coefficient (Wildman–Crippen LogP) is 0.969. The number of rotatable bonds is 11. The predicted molar refractivity (Wildman–Crippen MR) is 67.9 cm³/mol. The molecule has 0 rings (SSSR count). The molecule has 0 saturated heterocycles. The molecule has 98 valence electrons. The van der Waals surface area contributed by atoms with Gasteiger partial charge in [-0.2, -0.15) is 0 Å². The van der Waals surface area contributed by atoms with Crippen LogP contribution in [0.4, 0.5) is 0 Å². The van der Waals surface area contributed by atoms with Crippen molar-refractivity contribution in [1.82, 2.24) is 10.2 Å². The third kappa shape index (κ3) is 10.4. The van der Waals surface area contributed by atoms with Gasteiger partial charge in [-0.1, -0.05) is 0 Å². The van der Waals surface area contributed by atoms with Gasteiger partial charge in [-0.3, -0.25) is 0 Å². The Morgan fingerprint density at radius 1 is 1.12 bits per heavy atom. The second-order valence-electron chi connectivity index (χ2n) is 4.29. The second-order valence-corrected chi connectivity index (χ2v) is 4.29. The molecule has 0 aromatic carbocycles. The molecule has 0 aliphatic rings. The quantitative estimate of drug-likeness (QED) is 0.538. The zero-order valence-electron chi connectivity index (χ0n) is 11.3. The molecule has 0 aromatic rings. The summed E-state index contributed by atoms with van der Waals surface area (Å²) in [6, 6.07) is 0.546. The minimum absolute atomic E-state index is 0.546. The minimum atomic E-state index is 0.546. The van der Waals surface area contributed by atoms with E-state index in [1.165, 1.54) is 6.42 Å². The van der Waals surface area contributed by atoms with Crippen LogP contribution in [0.25, 0.3) is 0 Å². The van der Waals surface area contributed by atoms with E-state index >= 15 is 0 Å². The smallest absolute Gasteiger partial charge is 0.0589 e. The van der Waals surface area contributed by atoms with E-state index in [-0.39, 0.29) is 0 Å². The van der Waals surface area contributed by atoms with E-state index in [2.05, 4.69) is 24.2 Å². The number of ether oxygens (including phenoxy) is 2. The van der Waals surface area contributed by atoms with E-state index < -0.39 is 0 Å². The van der Waals surface area contributed by atoms with Crippen molar-refractivity contribution in [3.05, 3.63) is 0 Å². The van der Waals surface area contributed by atoms with Crippen LogP contribution in [-0.4, -0.2) is 65.1 Å². The fraction of sp³-hybridized carbons (Fsp3) is 1.00. The fourth-order valence-electron chi connectivity index (χ4n) is 1.45. The molecule has 4 heteroatoms. The first-order chi connectivity index (χ1) is 7.70. The lowest BCUT2D eigenvalue weighted by molar-refractivity contribution is 0.160. The summed E-state index contributed by atoms with van der Waals surface area (Å²) >= 11 is 0. The molecule has 1 N–H and O–H groups in total. The highest BCUT2D eigenvalue weighted by molar-refractivity contribution is 4.61. The average Bonchev–Trinajstić information content (AvgIpc) is 2.29. The Balaban J connectivity index is 3.24. The number of nitrogens with one attached hydrogen (secondary N) is 1. The number of nitrogens with zero attached hydrogens (tertiary/aromatic N) is 1. The van der Waals surface area contributed by atoms with E-state index in [1.54, 1.807) is 14.2 Å². The molecule has 4 nitrogen and oxygen atoms in total. The lowest BCUT2D eigenvalue weighted by Crippen LogP contribution is -2.31. The summed E-state index contributed by atoms with van der Waals surface area (Å²) in [4.78, 5) is 2.30. The van der Waals surface area contributed by atoms with Crippen LogP contribution in [0.1, 0.15) is 19.8 Å². The van der Waals surface area contributed by atoms with Gasteiger partial charge in [0.05, 0.1) is 6.61 Å². The van der Waals surface area contributed by atoms with Crippen molar-refractivity contribution in [3.63, 3.8) is 0 Å². The lowest BCUT2D eigenvalue weighted by atomic mass is 10.2. The minimum Gasteiger partial charge on any atom is -0.385 e. The van der Waals surface area contributed by atoms with Crippen molar-refractivity contribution < 1.29 is 9.47 Å². The standard InChI is InChI=1S/C12H28N2O2/c1-12(6-10-15-3)13-7-5-8-14(2)9-11-16-4/h12-13H,5-11H2,1-4H3. The van der Waals surface area contributed by atoms with Gasteiger partial charge in [-0.05, 0) is 39.9 Å². The highest BCUT2D eigenvalue weighted by Gasteiger charge is 2.01. The van der Waals surface area contributed by atoms with Crippen molar-refractivity contribution in [1.29, 1.82) is 0 Å². The molecule has 16 heavy (non-hydrogen) atoms. The summed E-state index contributed by atoms with van der Waals surface area (Å²) < 4.78 is 10.1. The Kier molecular flexibility index (Phi) is 11.2. The molecular formula is C12H28N2O2. The number of likely N-dealkylation sites (N-methyl/N-ethyl adjacent to an activating group) is 1. The molecule has 0 saturated carbocycles. The van der Waals surface area contributed by atoms with E-state index in [9.17, 15) is 0 Å². The Bertz CT molecular complexity index is 129. The molecule has 0 heterocycles. The summed E-state index contributed by atoms with van der Waals surface area (Å²) in [6.45, 7) is 7.05. The SMILES string of the molecule is COCCC(C)NCCCN(C)CCOC. The third-order valence-electron chi connectivity index (χ3n) is 2.64. The lowest BCUT2D eigenvalue weighted by Gasteiger charge is -2.17. The third-order valence-corrected chi connectivity index (χ3v) is 2.64. The Morgan fingerprint density at radius 2 is 1.81 bits per heavy atom. The van der Waals surface area contributed by atoms with Gasteiger partial charge in [0.2, 0.25) is 0 Å². The molecule has 0 bridgehead atoms. The monoisotopic (exact) mass is 232 g/mol. The molecular weight excluding hydrogens is 204 g/mol. The van der Waals surface area contributed by atoms with Gasteiger partial charge in [0, 0.05) is 33.4 Å². The zero-order chi connectivity index (χ0) is 12.2. The second kappa shape index (κ2) is 11.3. The van der Waals surface area contributed by atoms with Gasteiger partial charge in [0.1, 0.15) is 0 Å². The van der Waals surface area contributed by atoms with E-state index in [1.807, 2.05) is 0 Å². The fourth-order valence-corrected chi connectivity index (χ4v) is 1.45. The van der Waals surface area contributed by atoms with Gasteiger partial charge >= 0.3 is 0 Å². The summed E-state index contributed by atoms with van der Waals surface area (Å²) in [5, 5.41) is 3.49. The highest BCUT2D eigenvalue weighted by Crippen LogP contribution is 1.92. The van der Waals surface area contributed by atoms with Crippen LogP contribution in [0.5, 0.6) is 0 Å². The van der Waals surface area contributed by atoms with Crippen LogP contribution in [0.2, 0.25) is 0 Å². The van der Waals surface area contributed by atoms with Crippen molar-refractivity contribution in [2.75, 3.05) is 54.1 Å². The first kappa shape index (κ1) is 15.8. The van der Waals surface area contributed by atoms with Crippen LogP contribution in [0, 0.1) is 0 Å². The normalized spacial score (nSPS) is 13.3. The van der Waals surface area contributed by atoms with Crippen molar-refractivity contribution in [2.45, 2.75) is 25.8 Å². The Hall–Kier alpha value is -0.160. The first-order valence-corrected chi connectivity index (χ1v) is 6.10. The summed E-state index contributed by atoms with van der Waals surface area (Å²) in [6.07, 6.45) is 2.26. The maximum absolute atomic E-state index is 5.04. The molecule has 0 aliphatic carbocycles. The van der Waals surface area contributed by atoms with Gasteiger partial charge in [0.25, 0.3) is 0 Å². The van der Waals surface area contributed by atoms with E-state index in [4.69, 9.17) is 9.47 Å². The number of hydrogen-bond acceptors (Lipinski definition) is 4. The van der Waals surface area contributed by atoms with Crippen LogP contribution < -0.4 is 5.32 Å². The number of hydrogen-bond donors (Lipinski definition) is 1. The van der Waals surface area contributed by atoms with Gasteiger partial charge in [-0.15, -0.1) is 0 Å². The molecule has 1 atom stereocenters. The van der Waals surface area contributed by atoms with Crippen LogP contribution >= 0.6 is 0 Å². The molecule has 0 spiro atoms. The van der Waals surface area contributed by atoms with Gasteiger partial charge in [0.15, 0.2) is 0 Å². The highest BCUT2D eigenvalue weighted by atomic mass is 16.5. The van der Waals surface area contributed by atoms with Crippen LogP contribution in [0.3, 0.4) is 0 Å². The molecule has 0 aromatic heterocycles. The average molecular weight is 232 g/mol. The first-order valence-electron chi connectivity index (χ1n) is 6.10. The molecule has 0 fully saturated rings. The van der Waals surface area contributed by atoms with Crippen LogP contribution in [-0.2, 0) is 9.47 Å². The summed E-state index contributed by atoms with van der Waals surface area (Å²) in [5.41, 5.74) is 0. The molecule has 1 unspecified atom stereocenters. The zero-order valence-corrected chi connectivity index (χ0v) is 11.3. The van der Waals surface area contributed by atoms with E-state index in [0.717, 1.165) is 39.3 Å². The van der Waals surface area contributed by atoms with Crippen molar-refractivity contribution in [2.24, 2.45) is 0 Å². The van der Waals surface area contributed by atoms with Gasteiger partial charge < -0.3 is 19.7 Å². The van der Waals surface area contributed by atoms with Gasteiger partial charge in [-0.25, -0.2) is 0 Å². The Labute approximate surface area is 100 Å². The summed E-state index contributed by atoms with van der Waals surface area (Å²) in [7, 11) is 5.62. The Morgan fingerprint density at radius 3 is 2.44 bits per heavy atom. The largest absolute Gasteiger partial charge is 0.385 e. The molecule has 0 amide bonds. The maximum atomic E-state index is 5.04. The van der Waals surface area contributed by atoms with Crippen molar-refractivity contribution in [3.8, 4) is 0 Å². The maximum Gasteiger partial charge on any atom is 0.0589 e. The molecule has 0 radical (unpaired) electrons. The van der Waals surface area contributed by atoms with Crippen LogP contribution in [0.15, 0.2) is 0 Å². The molecule has 0 aliphatic heterocycles. The summed E-state index contributed by atoms with van der Waals surface area (Å²) in [5.74, 6) is 0. The van der Waals surface area contributed by atoms with Crippen molar-refractivity contribution >= 4 is 0 Å². The number of methoxy groups -OCH3 is 2.